The maximum absolute atomic E-state index is 13.3. The molecular weight excluding hydrogens is 440 g/mol. The Morgan fingerprint density at radius 2 is 1.89 bits per heavy atom. The van der Waals surface area contributed by atoms with Gasteiger partial charge in [-0.3, -0.25) is 9.69 Å². The quantitative estimate of drug-likeness (QED) is 0.488. The lowest BCUT2D eigenvalue weighted by Gasteiger charge is -2.34. The monoisotopic (exact) mass is 474 g/mol. The molecule has 1 saturated heterocycles. The van der Waals surface area contributed by atoms with E-state index in [0.717, 1.165) is 53.7 Å². The number of hydrogen-bond donors (Lipinski definition) is 2. The van der Waals surface area contributed by atoms with Crippen LogP contribution in [0.3, 0.4) is 0 Å². The molecule has 1 aromatic carbocycles. The van der Waals surface area contributed by atoms with Crippen LogP contribution in [0.1, 0.15) is 60.4 Å². The standard InChI is InChI=1S/C27H34N6O2/c1-18(2)26-29-15-20(16-30-26)24(33-10-12-35-13-11-33)17-31-27(34)22-4-3-5-23-21(22)8-9-25(32-23)28-14-19-6-7-19/h3-5,8-9,15-16,18-19,24H,6-7,10-14,17H2,1-2H3,(H,28,32)(H,31,34). The Morgan fingerprint density at radius 1 is 1.11 bits per heavy atom. The molecule has 1 amide bonds. The SMILES string of the molecule is CC(C)c1ncc(C(CNC(=O)c2cccc3nc(NCC4CC4)ccc23)N2CCOCC2)cn1. The molecule has 8 nitrogen and oxygen atoms in total. The second-order valence-electron chi connectivity index (χ2n) is 9.80. The highest BCUT2D eigenvalue weighted by atomic mass is 16.5. The van der Waals surface area contributed by atoms with E-state index in [9.17, 15) is 4.79 Å². The molecule has 0 bridgehead atoms. The average Bonchev–Trinajstić information content (AvgIpc) is 3.72. The van der Waals surface area contributed by atoms with Crippen molar-refractivity contribution in [3.05, 3.63) is 59.7 Å². The highest BCUT2D eigenvalue weighted by Gasteiger charge is 2.25. The van der Waals surface area contributed by atoms with Crippen LogP contribution < -0.4 is 10.6 Å². The van der Waals surface area contributed by atoms with Crippen LogP contribution in [-0.2, 0) is 4.74 Å². The van der Waals surface area contributed by atoms with E-state index < -0.39 is 0 Å². The molecule has 1 aliphatic heterocycles. The van der Waals surface area contributed by atoms with Gasteiger partial charge in [0.15, 0.2) is 0 Å². The summed E-state index contributed by atoms with van der Waals surface area (Å²) in [6.07, 6.45) is 6.38. The molecule has 1 saturated carbocycles. The minimum atomic E-state index is -0.103. The minimum absolute atomic E-state index is 0.0182. The minimum Gasteiger partial charge on any atom is -0.379 e. The zero-order chi connectivity index (χ0) is 24.2. The van der Waals surface area contributed by atoms with Crippen LogP contribution in [0, 0.1) is 5.92 Å². The van der Waals surface area contributed by atoms with Crippen molar-refractivity contribution in [2.75, 3.05) is 44.7 Å². The van der Waals surface area contributed by atoms with Crippen LogP contribution in [0.2, 0.25) is 0 Å². The molecule has 0 radical (unpaired) electrons. The third-order valence-electron chi connectivity index (χ3n) is 6.78. The molecule has 2 fully saturated rings. The topological polar surface area (TPSA) is 92.3 Å². The van der Waals surface area contributed by atoms with E-state index in [2.05, 4.69) is 39.3 Å². The van der Waals surface area contributed by atoms with Gasteiger partial charge >= 0.3 is 0 Å². The van der Waals surface area contributed by atoms with Crippen LogP contribution >= 0.6 is 0 Å². The van der Waals surface area contributed by atoms with Gasteiger partial charge in [-0.2, -0.15) is 0 Å². The number of fused-ring (bicyclic) bond motifs is 1. The van der Waals surface area contributed by atoms with Crippen molar-refractivity contribution < 1.29 is 9.53 Å². The van der Waals surface area contributed by atoms with Crippen molar-refractivity contribution in [1.82, 2.24) is 25.2 Å². The first-order chi connectivity index (χ1) is 17.1. The number of hydrogen-bond acceptors (Lipinski definition) is 7. The van der Waals surface area contributed by atoms with E-state index in [0.29, 0.717) is 25.3 Å². The number of rotatable bonds is 9. The summed E-state index contributed by atoms with van der Waals surface area (Å²) in [5, 5.41) is 7.44. The Morgan fingerprint density at radius 3 is 2.60 bits per heavy atom. The van der Waals surface area contributed by atoms with Crippen LogP contribution in [0.15, 0.2) is 42.7 Å². The first-order valence-electron chi connectivity index (χ1n) is 12.6. The number of carbonyl (C=O) groups excluding carboxylic acids is 1. The third-order valence-corrected chi connectivity index (χ3v) is 6.78. The van der Waals surface area contributed by atoms with Gasteiger partial charge in [-0.05, 0) is 43.0 Å². The van der Waals surface area contributed by atoms with Gasteiger partial charge in [0, 0.05) is 61.0 Å². The Hall–Kier alpha value is -3.10. The molecule has 0 spiro atoms. The van der Waals surface area contributed by atoms with E-state index in [-0.39, 0.29) is 17.9 Å². The number of aromatic nitrogens is 3. The fraction of sp³-hybridized carbons (Fsp3) is 0.481. The Labute approximate surface area is 206 Å². The summed E-state index contributed by atoms with van der Waals surface area (Å²) in [6, 6.07) is 9.65. The lowest BCUT2D eigenvalue weighted by atomic mass is 10.1. The van der Waals surface area contributed by atoms with Crippen molar-refractivity contribution in [2.45, 2.75) is 38.6 Å². The van der Waals surface area contributed by atoms with Gasteiger partial charge in [0.1, 0.15) is 11.6 Å². The molecule has 3 heterocycles. The summed E-state index contributed by atoms with van der Waals surface area (Å²) in [5.74, 6) is 2.63. The van der Waals surface area contributed by atoms with E-state index >= 15 is 0 Å². The number of morpholine rings is 1. The van der Waals surface area contributed by atoms with Gasteiger partial charge in [0.2, 0.25) is 0 Å². The van der Waals surface area contributed by atoms with Gasteiger partial charge < -0.3 is 15.4 Å². The molecule has 35 heavy (non-hydrogen) atoms. The normalized spacial score (nSPS) is 17.5. The van der Waals surface area contributed by atoms with Gasteiger partial charge in [-0.15, -0.1) is 0 Å². The van der Waals surface area contributed by atoms with Gasteiger partial charge in [0.05, 0.1) is 24.8 Å². The Bertz CT molecular complexity index is 1160. The van der Waals surface area contributed by atoms with Crippen molar-refractivity contribution in [1.29, 1.82) is 0 Å². The molecule has 3 aromatic rings. The molecule has 184 valence electrons. The van der Waals surface area contributed by atoms with Crippen LogP contribution in [0.4, 0.5) is 5.82 Å². The van der Waals surface area contributed by atoms with Gasteiger partial charge in [-0.25, -0.2) is 15.0 Å². The summed E-state index contributed by atoms with van der Waals surface area (Å²) < 4.78 is 5.55. The van der Waals surface area contributed by atoms with Crippen molar-refractivity contribution in [3.8, 4) is 0 Å². The predicted octanol–water partition coefficient (Wildman–Crippen LogP) is 3.77. The highest BCUT2D eigenvalue weighted by molar-refractivity contribution is 6.06. The summed E-state index contributed by atoms with van der Waals surface area (Å²) in [4.78, 5) is 29.5. The number of carbonyl (C=O) groups is 1. The van der Waals surface area contributed by atoms with E-state index in [1.807, 2.05) is 42.7 Å². The molecule has 2 aromatic heterocycles. The number of pyridine rings is 1. The van der Waals surface area contributed by atoms with Gasteiger partial charge in [0.25, 0.3) is 5.91 Å². The van der Waals surface area contributed by atoms with Crippen LogP contribution in [-0.4, -0.2) is 65.2 Å². The fourth-order valence-electron chi connectivity index (χ4n) is 4.47. The molecular formula is C27H34N6O2. The molecule has 2 aliphatic rings. The van der Waals surface area contributed by atoms with E-state index in [1.54, 1.807) is 0 Å². The number of nitrogens with zero attached hydrogens (tertiary/aromatic N) is 4. The lowest BCUT2D eigenvalue weighted by molar-refractivity contribution is 0.0161. The van der Waals surface area contributed by atoms with Crippen molar-refractivity contribution in [2.24, 2.45) is 5.92 Å². The summed E-state index contributed by atoms with van der Waals surface area (Å²) >= 11 is 0. The number of nitrogens with one attached hydrogen (secondary N) is 2. The first-order valence-corrected chi connectivity index (χ1v) is 12.6. The fourth-order valence-corrected chi connectivity index (χ4v) is 4.47. The summed E-state index contributed by atoms with van der Waals surface area (Å²) in [7, 11) is 0. The largest absolute Gasteiger partial charge is 0.379 e. The molecule has 5 rings (SSSR count). The second-order valence-corrected chi connectivity index (χ2v) is 9.80. The van der Waals surface area contributed by atoms with Gasteiger partial charge in [-0.1, -0.05) is 19.9 Å². The van der Waals surface area contributed by atoms with Crippen molar-refractivity contribution in [3.63, 3.8) is 0 Å². The van der Waals surface area contributed by atoms with E-state index in [1.165, 1.54) is 12.8 Å². The molecule has 1 aliphatic carbocycles. The maximum Gasteiger partial charge on any atom is 0.252 e. The third kappa shape index (κ3) is 5.77. The second kappa shape index (κ2) is 10.7. The smallest absolute Gasteiger partial charge is 0.252 e. The molecule has 2 N–H and O–H groups in total. The molecule has 1 unspecified atom stereocenters. The maximum atomic E-state index is 13.3. The number of anilines is 1. The Kier molecular flexibility index (Phi) is 7.20. The molecule has 8 heteroatoms. The molecule has 1 atom stereocenters. The van der Waals surface area contributed by atoms with E-state index in [4.69, 9.17) is 9.72 Å². The average molecular weight is 475 g/mol. The number of amides is 1. The highest BCUT2D eigenvalue weighted by Crippen LogP contribution is 2.29. The summed E-state index contributed by atoms with van der Waals surface area (Å²) in [5.41, 5.74) is 2.46. The predicted molar refractivity (Wildman–Crippen MR) is 137 cm³/mol. The van der Waals surface area contributed by atoms with Crippen LogP contribution in [0.25, 0.3) is 10.9 Å². The lowest BCUT2D eigenvalue weighted by Crippen LogP contribution is -2.44. The van der Waals surface area contributed by atoms with Crippen LogP contribution in [0.5, 0.6) is 0 Å². The zero-order valence-corrected chi connectivity index (χ0v) is 20.5. The Balaban J connectivity index is 1.32. The first kappa shape index (κ1) is 23.6. The van der Waals surface area contributed by atoms with Crippen molar-refractivity contribution >= 4 is 22.6 Å². The zero-order valence-electron chi connectivity index (χ0n) is 20.5. The number of ether oxygens (including phenoxy) is 1. The summed E-state index contributed by atoms with van der Waals surface area (Å²) in [6.45, 7) is 8.57. The number of benzene rings is 1.